The van der Waals surface area contributed by atoms with Gasteiger partial charge in [0.25, 0.3) is 0 Å². The van der Waals surface area contributed by atoms with Gasteiger partial charge in [-0.25, -0.2) is 4.79 Å². The maximum absolute atomic E-state index is 13.2. The maximum atomic E-state index is 13.2. The van der Waals surface area contributed by atoms with Gasteiger partial charge in [0, 0.05) is 5.57 Å². The van der Waals surface area contributed by atoms with E-state index in [1.165, 1.54) is 0 Å². The highest BCUT2D eigenvalue weighted by Gasteiger charge is 2.44. The maximum Gasteiger partial charge on any atom is 0.339 e. The molecule has 0 radical (unpaired) electrons. The van der Waals surface area contributed by atoms with E-state index >= 15 is 0 Å². The van der Waals surface area contributed by atoms with Gasteiger partial charge in [0.2, 0.25) is 0 Å². The summed E-state index contributed by atoms with van der Waals surface area (Å²) in [5.41, 5.74) is 5.78. The molecule has 3 aromatic rings. The van der Waals surface area contributed by atoms with Crippen molar-refractivity contribution in [2.75, 3.05) is 6.61 Å². The molecule has 0 saturated carbocycles. The normalized spacial score (nSPS) is 16.6. The van der Waals surface area contributed by atoms with Crippen molar-refractivity contribution in [3.8, 4) is 0 Å². The van der Waals surface area contributed by atoms with Crippen LogP contribution in [0.2, 0.25) is 0 Å². The summed E-state index contributed by atoms with van der Waals surface area (Å²) in [6.45, 7) is 6.03. The molecular formula is C28H26O4. The molecule has 0 aliphatic carbocycles. The minimum atomic E-state index is -0.789. The number of hydrogen-bond donors (Lipinski definition) is 0. The van der Waals surface area contributed by atoms with E-state index in [-0.39, 0.29) is 6.61 Å². The van der Waals surface area contributed by atoms with Gasteiger partial charge in [-0.2, -0.15) is 0 Å². The highest BCUT2D eigenvalue weighted by atomic mass is 16.6. The molecule has 0 aromatic heterocycles. The average molecular weight is 427 g/mol. The van der Waals surface area contributed by atoms with Crippen LogP contribution < -0.4 is 0 Å². The first kappa shape index (κ1) is 21.6. The lowest BCUT2D eigenvalue weighted by Gasteiger charge is -2.24. The molecule has 0 bridgehead atoms. The van der Waals surface area contributed by atoms with Crippen molar-refractivity contribution in [3.63, 3.8) is 0 Å². The standard InChI is InChI=1S/C28H26O4/c1-4-31-27(29)25(20-8-6-5-7-9-20)26-23(21-14-10-18(2)11-15-21)24(28(30)32-26)22-16-12-19(3)13-17-22/h5-17,25-26H,4H2,1-3H3. The fourth-order valence-electron chi connectivity index (χ4n) is 4.08. The summed E-state index contributed by atoms with van der Waals surface area (Å²) in [5.74, 6) is -1.61. The number of ether oxygens (including phenoxy) is 2. The van der Waals surface area contributed by atoms with Gasteiger partial charge in [0.1, 0.15) is 12.0 Å². The molecule has 162 valence electrons. The molecule has 1 aliphatic rings. The highest BCUT2D eigenvalue weighted by Crippen LogP contribution is 2.43. The second-order valence-corrected chi connectivity index (χ2v) is 7.99. The summed E-state index contributed by atoms with van der Waals surface area (Å²) in [6.07, 6.45) is -0.789. The number of rotatable bonds is 6. The van der Waals surface area contributed by atoms with E-state index in [0.29, 0.717) is 11.1 Å². The quantitative estimate of drug-likeness (QED) is 0.489. The zero-order chi connectivity index (χ0) is 22.7. The molecule has 3 aromatic carbocycles. The van der Waals surface area contributed by atoms with Gasteiger partial charge in [-0.05, 0) is 37.5 Å². The Balaban J connectivity index is 1.93. The number of cyclic esters (lactones) is 1. The summed E-state index contributed by atoms with van der Waals surface area (Å²) in [4.78, 5) is 26.3. The predicted molar refractivity (Wildman–Crippen MR) is 125 cm³/mol. The molecule has 32 heavy (non-hydrogen) atoms. The first-order chi connectivity index (χ1) is 15.5. The fraction of sp³-hybridized carbons (Fsp3) is 0.214. The SMILES string of the molecule is CCOC(=O)C(c1ccccc1)C1OC(=O)C(c2ccc(C)cc2)=C1c1ccc(C)cc1. The zero-order valence-electron chi connectivity index (χ0n) is 18.5. The Hall–Kier alpha value is -3.66. The largest absolute Gasteiger partial charge is 0.465 e. The first-order valence-corrected chi connectivity index (χ1v) is 10.8. The lowest BCUT2D eigenvalue weighted by molar-refractivity contribution is -0.150. The topological polar surface area (TPSA) is 52.6 Å². The molecule has 0 N–H and O–H groups in total. The molecule has 4 heteroatoms. The Morgan fingerprint density at radius 1 is 0.875 bits per heavy atom. The van der Waals surface area contributed by atoms with Gasteiger partial charge in [0.05, 0.1) is 12.2 Å². The van der Waals surface area contributed by atoms with Crippen molar-refractivity contribution in [1.82, 2.24) is 0 Å². The Morgan fingerprint density at radius 3 is 2.00 bits per heavy atom. The Morgan fingerprint density at radius 2 is 1.44 bits per heavy atom. The van der Waals surface area contributed by atoms with Crippen molar-refractivity contribution >= 4 is 23.1 Å². The number of carbonyl (C=O) groups excluding carboxylic acids is 2. The van der Waals surface area contributed by atoms with Crippen LogP contribution in [0.1, 0.15) is 40.7 Å². The number of hydrogen-bond acceptors (Lipinski definition) is 4. The smallest absolute Gasteiger partial charge is 0.339 e. The van der Waals surface area contributed by atoms with Gasteiger partial charge < -0.3 is 9.47 Å². The van der Waals surface area contributed by atoms with E-state index in [2.05, 4.69) is 0 Å². The summed E-state index contributed by atoms with van der Waals surface area (Å²) < 4.78 is 11.3. The van der Waals surface area contributed by atoms with Crippen molar-refractivity contribution < 1.29 is 19.1 Å². The molecule has 0 spiro atoms. The molecule has 2 atom stereocenters. The van der Waals surface area contributed by atoms with Crippen LogP contribution in [0.3, 0.4) is 0 Å². The molecule has 0 amide bonds. The van der Waals surface area contributed by atoms with Crippen molar-refractivity contribution in [2.45, 2.75) is 32.8 Å². The number of esters is 2. The summed E-state index contributed by atoms with van der Waals surface area (Å²) in [7, 11) is 0. The van der Waals surface area contributed by atoms with Gasteiger partial charge >= 0.3 is 11.9 Å². The minimum absolute atomic E-state index is 0.247. The lowest BCUT2D eigenvalue weighted by Crippen LogP contribution is -2.30. The second kappa shape index (κ2) is 9.23. The van der Waals surface area contributed by atoms with Crippen LogP contribution in [0.15, 0.2) is 78.9 Å². The van der Waals surface area contributed by atoms with Crippen molar-refractivity contribution in [3.05, 3.63) is 107 Å². The molecular weight excluding hydrogens is 400 g/mol. The predicted octanol–water partition coefficient (Wildman–Crippen LogP) is 5.49. The van der Waals surface area contributed by atoms with E-state index in [4.69, 9.17) is 9.47 Å². The summed E-state index contributed by atoms with van der Waals surface area (Å²) >= 11 is 0. The van der Waals surface area contributed by atoms with Gasteiger partial charge in [-0.1, -0.05) is 90.0 Å². The zero-order valence-corrected chi connectivity index (χ0v) is 18.5. The van der Waals surface area contributed by atoms with Gasteiger partial charge in [-0.3, -0.25) is 4.79 Å². The lowest BCUT2D eigenvalue weighted by atomic mass is 9.83. The minimum Gasteiger partial charge on any atom is -0.465 e. The van der Waals surface area contributed by atoms with Gasteiger partial charge in [0.15, 0.2) is 0 Å². The van der Waals surface area contributed by atoms with Gasteiger partial charge in [-0.15, -0.1) is 0 Å². The van der Waals surface area contributed by atoms with Crippen LogP contribution in [-0.4, -0.2) is 24.6 Å². The van der Waals surface area contributed by atoms with Crippen molar-refractivity contribution in [1.29, 1.82) is 0 Å². The second-order valence-electron chi connectivity index (χ2n) is 7.99. The van der Waals surface area contributed by atoms with Crippen LogP contribution in [0.4, 0.5) is 0 Å². The fourth-order valence-corrected chi connectivity index (χ4v) is 4.08. The highest BCUT2D eigenvalue weighted by molar-refractivity contribution is 6.28. The third kappa shape index (κ3) is 4.22. The summed E-state index contributed by atoms with van der Waals surface area (Å²) in [5, 5.41) is 0. The van der Waals surface area contributed by atoms with Crippen LogP contribution in [0, 0.1) is 13.8 Å². The first-order valence-electron chi connectivity index (χ1n) is 10.8. The molecule has 0 saturated heterocycles. The molecule has 4 rings (SSSR count). The molecule has 1 heterocycles. The van der Waals surface area contributed by atoms with Crippen LogP contribution in [0.5, 0.6) is 0 Å². The third-order valence-corrected chi connectivity index (χ3v) is 5.70. The number of aryl methyl sites for hydroxylation is 2. The van der Waals surface area contributed by atoms with E-state index in [1.54, 1.807) is 6.92 Å². The number of carbonyl (C=O) groups is 2. The Labute approximate surface area is 188 Å². The van der Waals surface area contributed by atoms with E-state index < -0.39 is 24.0 Å². The van der Waals surface area contributed by atoms with Crippen molar-refractivity contribution in [2.24, 2.45) is 0 Å². The Bertz CT molecular complexity index is 1140. The molecule has 2 unspecified atom stereocenters. The monoisotopic (exact) mass is 426 g/mol. The molecule has 4 nitrogen and oxygen atoms in total. The van der Waals surface area contributed by atoms with E-state index in [9.17, 15) is 9.59 Å². The van der Waals surface area contributed by atoms with Crippen LogP contribution >= 0.6 is 0 Å². The van der Waals surface area contributed by atoms with E-state index in [0.717, 1.165) is 27.8 Å². The molecule has 0 fully saturated rings. The number of benzene rings is 3. The Kier molecular flexibility index (Phi) is 6.22. The van der Waals surface area contributed by atoms with Crippen LogP contribution in [-0.2, 0) is 19.1 Å². The molecule has 1 aliphatic heterocycles. The van der Waals surface area contributed by atoms with E-state index in [1.807, 2.05) is 92.7 Å². The summed E-state index contributed by atoms with van der Waals surface area (Å²) in [6, 6.07) is 25.1. The average Bonchev–Trinajstić information content (AvgIpc) is 3.12. The van der Waals surface area contributed by atoms with Crippen LogP contribution in [0.25, 0.3) is 11.1 Å². The third-order valence-electron chi connectivity index (χ3n) is 5.70.